The van der Waals surface area contributed by atoms with Crippen LogP contribution >= 0.6 is 0 Å². The van der Waals surface area contributed by atoms with E-state index in [1.54, 1.807) is 30.3 Å². The number of hydrogen-bond donors (Lipinski definition) is 1. The summed E-state index contributed by atoms with van der Waals surface area (Å²) in [6, 6.07) is 7.12. The number of ether oxygens (including phenoxy) is 1. The first-order chi connectivity index (χ1) is 10.3. The minimum absolute atomic E-state index is 0.0744. The number of hydrogen-bond acceptors (Lipinski definition) is 4. The first-order valence-electron chi connectivity index (χ1n) is 6.53. The molecule has 8 heteroatoms. The van der Waals surface area contributed by atoms with Crippen molar-refractivity contribution in [3.63, 3.8) is 0 Å². The lowest BCUT2D eigenvalue weighted by atomic mass is 10.1. The Balaban J connectivity index is 2.39. The third-order valence-corrected chi connectivity index (χ3v) is 2.74. The van der Waals surface area contributed by atoms with Crippen LogP contribution in [0.25, 0.3) is 0 Å². The minimum atomic E-state index is -4.37. The third kappa shape index (κ3) is 7.51. The maximum atomic E-state index is 12.0. The number of nitrogens with one attached hydrogen (secondary N) is 1. The van der Waals surface area contributed by atoms with Crippen molar-refractivity contribution < 1.29 is 32.6 Å². The lowest BCUT2D eigenvalue weighted by Gasteiger charge is -2.19. The molecule has 1 aromatic rings. The SMILES string of the molecule is O=C(N[C@H](CCCC(F)(F)F)C(=O)[O-])OCc1ccccc1. The number of aliphatic carboxylic acids is 1. The Morgan fingerprint density at radius 1 is 1.23 bits per heavy atom. The fourth-order valence-corrected chi connectivity index (χ4v) is 1.66. The number of amides is 1. The smallest absolute Gasteiger partial charge is 0.407 e. The third-order valence-electron chi connectivity index (χ3n) is 2.74. The first kappa shape index (κ1) is 17.8. The van der Waals surface area contributed by atoms with Gasteiger partial charge in [-0.1, -0.05) is 30.3 Å². The standard InChI is InChI=1S/C14H16F3NO4/c15-14(16,17)8-4-7-11(12(19)20)18-13(21)22-9-10-5-2-1-3-6-10/h1-3,5-6,11H,4,7-9H2,(H,18,21)(H,19,20)/p-1/t11-/m1/s1. The predicted octanol–water partition coefficient (Wildman–Crippen LogP) is 1.76. The van der Waals surface area contributed by atoms with E-state index in [0.717, 1.165) is 0 Å². The van der Waals surface area contributed by atoms with E-state index in [4.69, 9.17) is 4.74 Å². The number of benzene rings is 1. The van der Waals surface area contributed by atoms with Crippen molar-refractivity contribution in [1.29, 1.82) is 0 Å². The van der Waals surface area contributed by atoms with Crippen LogP contribution in [0.1, 0.15) is 24.8 Å². The average Bonchev–Trinajstić information content (AvgIpc) is 2.43. The van der Waals surface area contributed by atoms with Gasteiger partial charge in [-0.15, -0.1) is 0 Å². The largest absolute Gasteiger partial charge is 0.548 e. The molecule has 0 radical (unpaired) electrons. The number of rotatable bonds is 7. The molecule has 22 heavy (non-hydrogen) atoms. The maximum absolute atomic E-state index is 12.0. The van der Waals surface area contributed by atoms with Crippen molar-refractivity contribution in [3.05, 3.63) is 35.9 Å². The maximum Gasteiger partial charge on any atom is 0.407 e. The average molecular weight is 318 g/mol. The van der Waals surface area contributed by atoms with Gasteiger partial charge in [0.15, 0.2) is 0 Å². The van der Waals surface area contributed by atoms with Crippen LogP contribution in [0.15, 0.2) is 30.3 Å². The Kier molecular flexibility index (Phi) is 6.68. The lowest BCUT2D eigenvalue weighted by Crippen LogP contribution is -2.48. The summed E-state index contributed by atoms with van der Waals surface area (Å²) in [5.41, 5.74) is 0.694. The number of halogens is 3. The van der Waals surface area contributed by atoms with E-state index in [9.17, 15) is 27.9 Å². The van der Waals surface area contributed by atoms with Gasteiger partial charge >= 0.3 is 12.3 Å². The van der Waals surface area contributed by atoms with Crippen LogP contribution in [0.2, 0.25) is 0 Å². The van der Waals surface area contributed by atoms with Crippen molar-refractivity contribution in [2.45, 2.75) is 38.1 Å². The predicted molar refractivity (Wildman–Crippen MR) is 68.5 cm³/mol. The molecule has 1 atom stereocenters. The molecule has 0 aliphatic heterocycles. The second-order valence-corrected chi connectivity index (χ2v) is 4.59. The second kappa shape index (κ2) is 8.26. The van der Waals surface area contributed by atoms with Gasteiger partial charge in [-0.2, -0.15) is 13.2 Å². The van der Waals surface area contributed by atoms with Gasteiger partial charge in [0.25, 0.3) is 0 Å². The summed E-state index contributed by atoms with van der Waals surface area (Å²) in [4.78, 5) is 22.2. The summed E-state index contributed by atoms with van der Waals surface area (Å²) in [5.74, 6) is -1.65. The number of carbonyl (C=O) groups excluding carboxylic acids is 2. The van der Waals surface area contributed by atoms with E-state index >= 15 is 0 Å². The fraction of sp³-hybridized carbons (Fsp3) is 0.429. The van der Waals surface area contributed by atoms with Crippen LogP contribution in [0.3, 0.4) is 0 Å². The molecule has 1 amide bonds. The van der Waals surface area contributed by atoms with Crippen LogP contribution < -0.4 is 10.4 Å². The molecule has 5 nitrogen and oxygen atoms in total. The van der Waals surface area contributed by atoms with Gasteiger partial charge in [-0.25, -0.2) is 4.79 Å². The molecule has 1 N–H and O–H groups in total. The highest BCUT2D eigenvalue weighted by Crippen LogP contribution is 2.22. The molecule has 122 valence electrons. The first-order valence-corrected chi connectivity index (χ1v) is 6.53. The summed E-state index contributed by atoms with van der Waals surface area (Å²) >= 11 is 0. The lowest BCUT2D eigenvalue weighted by molar-refractivity contribution is -0.308. The minimum Gasteiger partial charge on any atom is -0.548 e. The van der Waals surface area contributed by atoms with Crippen LogP contribution in [-0.2, 0) is 16.1 Å². The molecule has 0 heterocycles. The molecule has 0 aliphatic rings. The highest BCUT2D eigenvalue weighted by atomic mass is 19.4. The van der Waals surface area contributed by atoms with Gasteiger partial charge in [-0.3, -0.25) is 0 Å². The van der Waals surface area contributed by atoms with Crippen molar-refractivity contribution in [3.8, 4) is 0 Å². The van der Waals surface area contributed by atoms with E-state index in [-0.39, 0.29) is 13.0 Å². The monoisotopic (exact) mass is 318 g/mol. The quantitative estimate of drug-likeness (QED) is 0.831. The van der Waals surface area contributed by atoms with Crippen molar-refractivity contribution in [1.82, 2.24) is 5.32 Å². The summed E-state index contributed by atoms with van der Waals surface area (Å²) in [6.07, 6.45) is -7.34. The Morgan fingerprint density at radius 2 is 1.86 bits per heavy atom. The van der Waals surface area contributed by atoms with E-state index in [2.05, 4.69) is 0 Å². The Bertz CT molecular complexity index is 491. The molecule has 1 aromatic carbocycles. The molecule has 0 spiro atoms. The zero-order valence-electron chi connectivity index (χ0n) is 11.6. The van der Waals surface area contributed by atoms with E-state index in [1.165, 1.54) is 0 Å². The Labute approximate surface area is 125 Å². The highest BCUT2D eigenvalue weighted by molar-refractivity contribution is 5.78. The Hall–Kier alpha value is -2.25. The van der Waals surface area contributed by atoms with E-state index < -0.39 is 37.1 Å². The molecule has 1 rings (SSSR count). The van der Waals surface area contributed by atoms with Crippen molar-refractivity contribution in [2.75, 3.05) is 0 Å². The van der Waals surface area contributed by atoms with E-state index in [0.29, 0.717) is 5.56 Å². The highest BCUT2D eigenvalue weighted by Gasteiger charge is 2.27. The zero-order valence-corrected chi connectivity index (χ0v) is 11.6. The summed E-state index contributed by atoms with van der Waals surface area (Å²) < 4.78 is 40.8. The molecule has 0 saturated heterocycles. The molecule has 0 aromatic heterocycles. The van der Waals surface area contributed by atoms with Crippen molar-refractivity contribution in [2.24, 2.45) is 0 Å². The molecular formula is C14H15F3NO4-. The fourth-order valence-electron chi connectivity index (χ4n) is 1.66. The number of alkyl carbamates (subject to hydrolysis) is 1. The second-order valence-electron chi connectivity index (χ2n) is 4.59. The van der Waals surface area contributed by atoms with Gasteiger partial charge < -0.3 is 20.0 Å². The summed E-state index contributed by atoms with van der Waals surface area (Å²) in [6.45, 7) is -0.0744. The van der Waals surface area contributed by atoms with Gasteiger partial charge in [-0.05, 0) is 18.4 Å². The normalized spacial score (nSPS) is 12.5. The topological polar surface area (TPSA) is 78.5 Å². The van der Waals surface area contributed by atoms with Crippen LogP contribution in [0.4, 0.5) is 18.0 Å². The number of carboxylic acids is 1. The van der Waals surface area contributed by atoms with Crippen molar-refractivity contribution >= 4 is 12.1 Å². The molecule has 0 fully saturated rings. The molecule has 0 bridgehead atoms. The van der Waals surface area contributed by atoms with E-state index in [1.807, 2.05) is 5.32 Å². The van der Waals surface area contributed by atoms with Crippen LogP contribution in [0.5, 0.6) is 0 Å². The van der Waals surface area contributed by atoms with Gasteiger partial charge in [0.2, 0.25) is 0 Å². The van der Waals surface area contributed by atoms with Gasteiger partial charge in [0, 0.05) is 6.42 Å². The molecule has 0 aliphatic carbocycles. The number of carbonyl (C=O) groups is 2. The number of carboxylic acid groups (broad SMARTS) is 1. The van der Waals surface area contributed by atoms with Crippen LogP contribution in [-0.4, -0.2) is 24.3 Å². The Morgan fingerprint density at radius 3 is 2.41 bits per heavy atom. The van der Waals surface area contributed by atoms with Crippen LogP contribution in [0, 0.1) is 0 Å². The molecule has 0 saturated carbocycles. The summed E-state index contributed by atoms with van der Waals surface area (Å²) in [7, 11) is 0. The zero-order chi connectivity index (χ0) is 16.6. The number of alkyl halides is 3. The summed E-state index contributed by atoms with van der Waals surface area (Å²) in [5, 5.41) is 12.8. The van der Waals surface area contributed by atoms with Gasteiger partial charge in [0.1, 0.15) is 6.61 Å². The van der Waals surface area contributed by atoms with Gasteiger partial charge in [0.05, 0.1) is 12.0 Å². The molecule has 0 unspecified atom stereocenters. The molecular weight excluding hydrogens is 303 g/mol.